The number of hydrogen-bond donors (Lipinski definition) is 2. The van der Waals surface area contributed by atoms with E-state index >= 15 is 0 Å². The monoisotopic (exact) mass is 442 g/mol. The maximum atomic E-state index is 13.2. The lowest BCUT2D eigenvalue weighted by atomic mass is 10.0. The van der Waals surface area contributed by atoms with Gasteiger partial charge in [0.2, 0.25) is 0 Å². The molecule has 7 heteroatoms. The second-order valence-corrected chi connectivity index (χ2v) is 8.22. The second-order valence-electron chi connectivity index (χ2n) is 8.22. The number of nitrogens with zero attached hydrogens (tertiary/aromatic N) is 2. The number of ether oxygens (including phenoxy) is 1. The summed E-state index contributed by atoms with van der Waals surface area (Å²) in [5.41, 5.74) is 2.78. The number of carbonyl (C=O) groups excluding carboxylic acids is 1. The molecule has 174 valence electrons. The molecule has 1 aliphatic heterocycles. The average molecular weight is 443 g/mol. The number of benzene rings is 2. The fourth-order valence-electron chi connectivity index (χ4n) is 4.01. The van der Waals surface area contributed by atoms with Crippen LogP contribution in [0.4, 0.5) is 0 Å². The maximum absolute atomic E-state index is 13.2. The zero-order valence-electron chi connectivity index (χ0n) is 19.1. The van der Waals surface area contributed by atoms with Crippen LogP contribution in [0.15, 0.2) is 48.5 Å². The molecule has 0 saturated carbocycles. The fraction of sp³-hybridized carbons (Fsp3) is 0.440. The van der Waals surface area contributed by atoms with Crippen molar-refractivity contribution in [3.63, 3.8) is 0 Å². The van der Waals surface area contributed by atoms with Gasteiger partial charge < -0.3 is 19.8 Å². The highest BCUT2D eigenvalue weighted by atomic mass is 16.5. The van der Waals surface area contributed by atoms with Gasteiger partial charge in [-0.25, -0.2) is 0 Å². The lowest BCUT2D eigenvalue weighted by molar-refractivity contribution is -0.122. The van der Waals surface area contributed by atoms with Crippen molar-refractivity contribution in [1.29, 1.82) is 0 Å². The van der Waals surface area contributed by atoms with Gasteiger partial charge in [-0.1, -0.05) is 38.1 Å². The van der Waals surface area contributed by atoms with Crippen LogP contribution in [0.25, 0.3) is 11.1 Å². The van der Waals surface area contributed by atoms with E-state index in [0.29, 0.717) is 24.4 Å². The summed E-state index contributed by atoms with van der Waals surface area (Å²) in [6.07, 6.45) is 0.697. The molecule has 1 saturated heterocycles. The highest BCUT2D eigenvalue weighted by Crippen LogP contribution is 2.24. The van der Waals surface area contributed by atoms with E-state index in [1.54, 1.807) is 7.11 Å². The summed E-state index contributed by atoms with van der Waals surface area (Å²) in [6.45, 7) is 7.55. The third-order valence-corrected chi connectivity index (χ3v) is 5.49. The topological polar surface area (TPSA) is 90.3 Å². The van der Waals surface area contributed by atoms with Crippen LogP contribution in [0.5, 0.6) is 5.75 Å². The standard InChI is InChI=1S/C24H32N2O3.CH2O2/c1-18(2)16-25-12-13-26(17-22(25)11-14-27)24(28)21-6-4-5-20(15-21)19-7-9-23(29-3)10-8-19;2-1-3/h4-10,15,18,22,27H,11-14,16-17H2,1-3H3;1H,(H,2,3). The summed E-state index contributed by atoms with van der Waals surface area (Å²) < 4.78 is 5.23. The number of piperazine rings is 1. The first-order chi connectivity index (χ1) is 15.4. The highest BCUT2D eigenvalue weighted by Gasteiger charge is 2.30. The Hall–Kier alpha value is -2.90. The van der Waals surface area contributed by atoms with Crippen molar-refractivity contribution < 1.29 is 24.5 Å². The molecule has 2 N–H and O–H groups in total. The van der Waals surface area contributed by atoms with Gasteiger partial charge in [-0.15, -0.1) is 0 Å². The number of hydrogen-bond acceptors (Lipinski definition) is 5. The van der Waals surface area contributed by atoms with Gasteiger partial charge in [-0.05, 0) is 47.7 Å². The van der Waals surface area contributed by atoms with Gasteiger partial charge in [0.1, 0.15) is 5.75 Å². The number of methoxy groups -OCH3 is 1. The molecule has 0 spiro atoms. The molecule has 1 amide bonds. The molecule has 1 aliphatic rings. The number of carboxylic acid groups (broad SMARTS) is 1. The molecular weight excluding hydrogens is 408 g/mol. The molecule has 1 unspecified atom stereocenters. The van der Waals surface area contributed by atoms with Crippen molar-refractivity contribution in [2.24, 2.45) is 5.92 Å². The van der Waals surface area contributed by atoms with E-state index in [2.05, 4.69) is 18.7 Å². The first-order valence-electron chi connectivity index (χ1n) is 10.9. The predicted molar refractivity (Wildman–Crippen MR) is 125 cm³/mol. The van der Waals surface area contributed by atoms with Gasteiger partial charge in [0.15, 0.2) is 0 Å². The van der Waals surface area contributed by atoms with Crippen LogP contribution >= 0.6 is 0 Å². The smallest absolute Gasteiger partial charge is 0.290 e. The Morgan fingerprint density at radius 1 is 1.16 bits per heavy atom. The SMILES string of the molecule is COc1ccc(-c2cccc(C(=O)N3CCN(CC(C)C)C(CCO)C3)c2)cc1.O=CO. The summed E-state index contributed by atoms with van der Waals surface area (Å²) in [4.78, 5) is 25.9. The Balaban J connectivity index is 0.00000114. The summed E-state index contributed by atoms with van der Waals surface area (Å²) >= 11 is 0. The van der Waals surface area contributed by atoms with E-state index in [1.807, 2.05) is 53.4 Å². The predicted octanol–water partition coefficient (Wildman–Crippen LogP) is 3.23. The Bertz CT molecular complexity index is 854. The van der Waals surface area contributed by atoms with Crippen LogP contribution in [0.1, 0.15) is 30.6 Å². The van der Waals surface area contributed by atoms with Crippen molar-refractivity contribution in [1.82, 2.24) is 9.80 Å². The first-order valence-corrected chi connectivity index (χ1v) is 10.9. The largest absolute Gasteiger partial charge is 0.497 e. The second kappa shape index (κ2) is 12.8. The molecule has 2 aromatic rings. The minimum Gasteiger partial charge on any atom is -0.497 e. The van der Waals surface area contributed by atoms with Gasteiger partial charge in [0.25, 0.3) is 12.4 Å². The van der Waals surface area contributed by atoms with Gasteiger partial charge in [-0.3, -0.25) is 14.5 Å². The average Bonchev–Trinajstić information content (AvgIpc) is 2.80. The summed E-state index contributed by atoms with van der Waals surface area (Å²) in [6, 6.07) is 15.9. The van der Waals surface area contributed by atoms with Gasteiger partial charge in [0, 0.05) is 44.4 Å². The van der Waals surface area contributed by atoms with Gasteiger partial charge >= 0.3 is 0 Å². The van der Waals surface area contributed by atoms with Gasteiger partial charge in [0.05, 0.1) is 7.11 Å². The number of rotatable bonds is 7. The normalized spacial score (nSPS) is 16.3. The Labute approximate surface area is 190 Å². The van der Waals surface area contributed by atoms with Crippen LogP contribution in [0, 0.1) is 5.92 Å². The Morgan fingerprint density at radius 3 is 2.44 bits per heavy atom. The molecule has 1 atom stereocenters. The van der Waals surface area contributed by atoms with E-state index < -0.39 is 0 Å². The quantitative estimate of drug-likeness (QED) is 0.640. The molecule has 0 bridgehead atoms. The van der Waals surface area contributed by atoms with Gasteiger partial charge in [-0.2, -0.15) is 0 Å². The van der Waals surface area contributed by atoms with E-state index in [-0.39, 0.29) is 25.0 Å². The maximum Gasteiger partial charge on any atom is 0.290 e. The van der Waals surface area contributed by atoms with Crippen molar-refractivity contribution in [3.8, 4) is 16.9 Å². The molecule has 1 heterocycles. The lowest BCUT2D eigenvalue weighted by Crippen LogP contribution is -2.55. The Morgan fingerprint density at radius 2 is 1.84 bits per heavy atom. The van der Waals surface area contributed by atoms with E-state index in [0.717, 1.165) is 36.5 Å². The molecule has 1 fully saturated rings. The number of amides is 1. The number of aliphatic hydroxyl groups excluding tert-OH is 1. The van der Waals surface area contributed by atoms with Crippen molar-refractivity contribution in [3.05, 3.63) is 54.1 Å². The molecule has 3 rings (SSSR count). The third-order valence-electron chi connectivity index (χ3n) is 5.49. The fourth-order valence-corrected chi connectivity index (χ4v) is 4.01. The zero-order valence-corrected chi connectivity index (χ0v) is 19.1. The summed E-state index contributed by atoms with van der Waals surface area (Å²) in [5, 5.41) is 16.4. The van der Waals surface area contributed by atoms with Crippen molar-refractivity contribution >= 4 is 12.4 Å². The third kappa shape index (κ3) is 7.07. The first kappa shape index (κ1) is 25.4. The highest BCUT2D eigenvalue weighted by molar-refractivity contribution is 5.95. The van der Waals surface area contributed by atoms with Crippen molar-refractivity contribution in [2.75, 3.05) is 39.9 Å². The number of aliphatic hydroxyl groups is 1. The summed E-state index contributed by atoms with van der Waals surface area (Å²) in [7, 11) is 1.65. The van der Waals surface area contributed by atoms with Crippen LogP contribution in [0.3, 0.4) is 0 Å². The molecule has 7 nitrogen and oxygen atoms in total. The van der Waals surface area contributed by atoms with Crippen LogP contribution in [-0.2, 0) is 4.79 Å². The Kier molecular flexibility index (Phi) is 10.2. The molecular formula is C25H34N2O5. The minimum absolute atomic E-state index is 0.0625. The molecule has 0 aliphatic carbocycles. The number of carbonyl (C=O) groups is 2. The van der Waals surface area contributed by atoms with E-state index in [4.69, 9.17) is 14.6 Å². The molecule has 0 radical (unpaired) electrons. The zero-order chi connectivity index (χ0) is 23.5. The molecule has 2 aromatic carbocycles. The lowest BCUT2D eigenvalue weighted by Gasteiger charge is -2.42. The molecule has 32 heavy (non-hydrogen) atoms. The minimum atomic E-state index is -0.250. The van der Waals surface area contributed by atoms with E-state index in [9.17, 15) is 9.90 Å². The van der Waals surface area contributed by atoms with Crippen LogP contribution < -0.4 is 4.74 Å². The van der Waals surface area contributed by atoms with E-state index in [1.165, 1.54) is 0 Å². The summed E-state index contributed by atoms with van der Waals surface area (Å²) in [5.74, 6) is 1.45. The van der Waals surface area contributed by atoms with Crippen LogP contribution in [-0.4, -0.2) is 78.3 Å². The molecule has 0 aromatic heterocycles. The van der Waals surface area contributed by atoms with Crippen LogP contribution in [0.2, 0.25) is 0 Å². The van der Waals surface area contributed by atoms with Crippen molar-refractivity contribution in [2.45, 2.75) is 26.3 Å².